The number of rotatable bonds is 4. The quantitative estimate of drug-likeness (QED) is 0.756. The number of aliphatic carboxylic acids is 1. The molecule has 0 radical (unpaired) electrons. The lowest BCUT2D eigenvalue weighted by Crippen LogP contribution is -2.52. The van der Waals surface area contributed by atoms with Gasteiger partial charge in [-0.2, -0.15) is 0 Å². The molecule has 6 heteroatoms. The maximum Gasteiger partial charge on any atom is 0.328 e. The molecule has 1 aliphatic heterocycles. The number of hydrogen-bond donors (Lipinski definition) is 2. The second-order valence-electron chi connectivity index (χ2n) is 4.49. The first kappa shape index (κ1) is 13.8. The number of hydrogen-bond acceptors (Lipinski definition) is 3. The monoisotopic (exact) mass is 244 g/mol. The van der Waals surface area contributed by atoms with Gasteiger partial charge >= 0.3 is 12.0 Å². The van der Waals surface area contributed by atoms with Crippen LogP contribution in [0.15, 0.2) is 0 Å². The molecule has 6 nitrogen and oxygen atoms in total. The smallest absolute Gasteiger partial charge is 0.328 e. The summed E-state index contributed by atoms with van der Waals surface area (Å²) in [5.41, 5.74) is 0. The van der Waals surface area contributed by atoms with Gasteiger partial charge in [0.1, 0.15) is 0 Å². The van der Waals surface area contributed by atoms with Gasteiger partial charge in [-0.3, -0.25) is 0 Å². The van der Waals surface area contributed by atoms with E-state index in [9.17, 15) is 9.59 Å². The fourth-order valence-corrected chi connectivity index (χ4v) is 1.96. The maximum atomic E-state index is 11.8. The molecule has 1 aliphatic rings. The summed E-state index contributed by atoms with van der Waals surface area (Å²) >= 11 is 0. The fourth-order valence-electron chi connectivity index (χ4n) is 1.96. The Morgan fingerprint density at radius 2 is 2.29 bits per heavy atom. The van der Waals surface area contributed by atoms with E-state index in [1.165, 1.54) is 7.11 Å². The molecule has 17 heavy (non-hydrogen) atoms. The number of nitrogens with zero attached hydrogens (tertiary/aromatic N) is 1. The van der Waals surface area contributed by atoms with Crippen molar-refractivity contribution in [3.8, 4) is 0 Å². The molecule has 1 rings (SSSR count). The zero-order valence-electron chi connectivity index (χ0n) is 10.3. The number of methoxy groups -OCH3 is 1. The van der Waals surface area contributed by atoms with Crippen LogP contribution in [0.1, 0.15) is 19.8 Å². The van der Waals surface area contributed by atoms with Gasteiger partial charge in [0.15, 0.2) is 6.04 Å². The summed E-state index contributed by atoms with van der Waals surface area (Å²) in [6, 6.07) is -1.30. The van der Waals surface area contributed by atoms with Crippen molar-refractivity contribution in [2.45, 2.75) is 25.8 Å². The number of carbonyl (C=O) groups is 2. The minimum Gasteiger partial charge on any atom is -0.480 e. The minimum atomic E-state index is -1.08. The molecule has 2 amide bonds. The second-order valence-corrected chi connectivity index (χ2v) is 4.49. The molecule has 0 bridgehead atoms. The van der Waals surface area contributed by atoms with Crippen LogP contribution in [0, 0.1) is 5.92 Å². The molecule has 1 heterocycles. The van der Waals surface area contributed by atoms with Gasteiger partial charge < -0.3 is 20.1 Å². The van der Waals surface area contributed by atoms with Crippen LogP contribution < -0.4 is 5.32 Å². The van der Waals surface area contributed by atoms with Crippen LogP contribution in [-0.2, 0) is 9.53 Å². The Labute approximate surface area is 101 Å². The lowest BCUT2D eigenvalue weighted by Gasteiger charge is -2.31. The Hall–Kier alpha value is -1.30. The number of likely N-dealkylation sites (tertiary alicyclic amines) is 1. The highest BCUT2D eigenvalue weighted by Gasteiger charge is 2.25. The van der Waals surface area contributed by atoms with Crippen molar-refractivity contribution in [2.24, 2.45) is 5.92 Å². The van der Waals surface area contributed by atoms with E-state index < -0.39 is 12.0 Å². The predicted octanol–water partition coefficient (Wildman–Crippen LogP) is 0.527. The van der Waals surface area contributed by atoms with Gasteiger partial charge in [0.25, 0.3) is 0 Å². The highest BCUT2D eigenvalue weighted by Crippen LogP contribution is 2.15. The van der Waals surface area contributed by atoms with Crippen LogP contribution >= 0.6 is 0 Å². The van der Waals surface area contributed by atoms with Crippen molar-refractivity contribution >= 4 is 12.0 Å². The number of urea groups is 1. The molecule has 2 unspecified atom stereocenters. The van der Waals surface area contributed by atoms with Gasteiger partial charge in [-0.1, -0.05) is 6.92 Å². The fraction of sp³-hybridized carbons (Fsp3) is 0.818. The van der Waals surface area contributed by atoms with Gasteiger partial charge in [0.2, 0.25) is 0 Å². The molecule has 2 N–H and O–H groups in total. The van der Waals surface area contributed by atoms with Crippen LogP contribution in [0.2, 0.25) is 0 Å². The maximum absolute atomic E-state index is 11.8. The van der Waals surface area contributed by atoms with E-state index in [2.05, 4.69) is 12.2 Å². The highest BCUT2D eigenvalue weighted by atomic mass is 16.5. The second kappa shape index (κ2) is 6.44. The zero-order valence-corrected chi connectivity index (χ0v) is 10.3. The van der Waals surface area contributed by atoms with Crippen molar-refractivity contribution in [1.82, 2.24) is 10.2 Å². The van der Waals surface area contributed by atoms with Crippen LogP contribution in [0.4, 0.5) is 4.79 Å². The van der Waals surface area contributed by atoms with Crippen LogP contribution in [0.3, 0.4) is 0 Å². The van der Waals surface area contributed by atoms with E-state index in [0.29, 0.717) is 19.0 Å². The first-order valence-electron chi connectivity index (χ1n) is 5.81. The zero-order chi connectivity index (χ0) is 12.8. The summed E-state index contributed by atoms with van der Waals surface area (Å²) in [4.78, 5) is 24.4. The normalized spacial score (nSPS) is 22.0. The van der Waals surface area contributed by atoms with Gasteiger partial charge in [-0.15, -0.1) is 0 Å². The van der Waals surface area contributed by atoms with Crippen molar-refractivity contribution in [2.75, 3.05) is 26.8 Å². The van der Waals surface area contributed by atoms with E-state index in [-0.39, 0.29) is 12.6 Å². The molecule has 1 saturated heterocycles. The van der Waals surface area contributed by atoms with Gasteiger partial charge in [-0.25, -0.2) is 9.59 Å². The van der Waals surface area contributed by atoms with Crippen LogP contribution in [0.5, 0.6) is 0 Å². The number of carbonyl (C=O) groups excluding carboxylic acids is 1. The van der Waals surface area contributed by atoms with Crippen molar-refractivity contribution in [1.29, 1.82) is 0 Å². The van der Waals surface area contributed by atoms with Gasteiger partial charge in [0.05, 0.1) is 6.61 Å². The Morgan fingerprint density at radius 3 is 2.82 bits per heavy atom. The summed E-state index contributed by atoms with van der Waals surface area (Å²) in [5.74, 6) is -0.606. The van der Waals surface area contributed by atoms with Crippen LogP contribution in [0.25, 0.3) is 0 Å². The van der Waals surface area contributed by atoms with Crippen molar-refractivity contribution < 1.29 is 19.4 Å². The molecule has 1 fully saturated rings. The predicted molar refractivity (Wildman–Crippen MR) is 61.8 cm³/mol. The molecule has 2 atom stereocenters. The molecule has 0 aromatic rings. The Bertz CT molecular complexity index is 283. The molecule has 0 aromatic carbocycles. The number of ether oxygens (including phenoxy) is 1. The SMILES string of the molecule is COCC(NC(=O)N1CCCC(C)C1)C(=O)O. The molecule has 0 saturated carbocycles. The first-order valence-corrected chi connectivity index (χ1v) is 5.81. The van der Waals surface area contributed by atoms with E-state index in [1.54, 1.807) is 4.90 Å². The number of carboxylic acid groups (broad SMARTS) is 1. The minimum absolute atomic E-state index is 0.0233. The van der Waals surface area contributed by atoms with E-state index in [4.69, 9.17) is 9.84 Å². The van der Waals surface area contributed by atoms with Crippen molar-refractivity contribution in [3.63, 3.8) is 0 Å². The molecule has 0 aliphatic carbocycles. The summed E-state index contributed by atoms with van der Waals surface area (Å²) in [6.07, 6.45) is 2.08. The third kappa shape index (κ3) is 4.22. The Morgan fingerprint density at radius 1 is 1.59 bits per heavy atom. The summed E-state index contributed by atoms with van der Waals surface area (Å²) < 4.78 is 4.76. The third-order valence-corrected chi connectivity index (χ3v) is 2.87. The molecule has 98 valence electrons. The number of carboxylic acids is 1. The summed E-state index contributed by atoms with van der Waals surface area (Å²) in [6.45, 7) is 3.44. The Kier molecular flexibility index (Phi) is 5.21. The van der Waals surface area contributed by atoms with E-state index in [0.717, 1.165) is 12.8 Å². The summed E-state index contributed by atoms with van der Waals surface area (Å²) in [7, 11) is 1.41. The van der Waals surface area contributed by atoms with E-state index >= 15 is 0 Å². The van der Waals surface area contributed by atoms with Gasteiger partial charge in [0, 0.05) is 20.2 Å². The lowest BCUT2D eigenvalue weighted by molar-refractivity contribution is -0.140. The Balaban J connectivity index is 2.48. The van der Waals surface area contributed by atoms with E-state index in [1.807, 2.05) is 0 Å². The molecular formula is C11H20N2O4. The molecule has 0 spiro atoms. The first-order chi connectivity index (χ1) is 8.04. The van der Waals surface area contributed by atoms with Crippen LogP contribution in [-0.4, -0.2) is 54.9 Å². The largest absolute Gasteiger partial charge is 0.480 e. The number of nitrogens with one attached hydrogen (secondary N) is 1. The standard InChI is InChI=1S/C11H20N2O4/c1-8-4-3-5-13(6-8)11(16)12-9(7-17-2)10(14)15/h8-9H,3-7H2,1-2H3,(H,12,16)(H,14,15). The lowest BCUT2D eigenvalue weighted by atomic mass is 10.0. The third-order valence-electron chi connectivity index (χ3n) is 2.87. The van der Waals surface area contributed by atoms with Gasteiger partial charge in [-0.05, 0) is 18.8 Å². The number of amides is 2. The molecule has 0 aromatic heterocycles. The topological polar surface area (TPSA) is 78.9 Å². The highest BCUT2D eigenvalue weighted by molar-refractivity contribution is 5.82. The molecular weight excluding hydrogens is 224 g/mol. The summed E-state index contributed by atoms with van der Waals surface area (Å²) in [5, 5.41) is 11.4. The average molecular weight is 244 g/mol. The number of piperidine rings is 1. The average Bonchev–Trinajstić information content (AvgIpc) is 2.28. The van der Waals surface area contributed by atoms with Crippen molar-refractivity contribution in [3.05, 3.63) is 0 Å².